The lowest BCUT2D eigenvalue weighted by Gasteiger charge is -2.25. The van der Waals surface area contributed by atoms with Gasteiger partial charge in [-0.15, -0.1) is 0 Å². The number of halogens is 1. The molecule has 1 amide bonds. The predicted molar refractivity (Wildman–Crippen MR) is 119 cm³/mol. The zero-order chi connectivity index (χ0) is 22.5. The summed E-state index contributed by atoms with van der Waals surface area (Å²) in [5, 5.41) is 0. The molecule has 1 aromatic carbocycles. The first-order valence-corrected chi connectivity index (χ1v) is 10.7. The third-order valence-corrected chi connectivity index (χ3v) is 5.54. The number of rotatable bonds is 8. The minimum absolute atomic E-state index is 0.0350. The molecule has 0 atom stereocenters. The molecule has 1 aromatic heterocycles. The van der Waals surface area contributed by atoms with E-state index < -0.39 is 11.2 Å². The fourth-order valence-electron chi connectivity index (χ4n) is 3.33. The number of carbonyl (C=O) groups excluding carboxylic acids is 1. The molecule has 0 spiro atoms. The van der Waals surface area contributed by atoms with Crippen LogP contribution in [-0.4, -0.2) is 48.9 Å². The lowest BCUT2D eigenvalue weighted by molar-refractivity contribution is -0.118. The fourth-order valence-corrected chi connectivity index (χ4v) is 3.79. The molecule has 10 nitrogen and oxygen atoms in total. The van der Waals surface area contributed by atoms with Gasteiger partial charge in [-0.25, -0.2) is 4.79 Å². The monoisotopic (exact) mass is 496 g/mol. The molecule has 0 bridgehead atoms. The molecule has 3 rings (SSSR count). The van der Waals surface area contributed by atoms with E-state index in [9.17, 15) is 14.4 Å². The van der Waals surface area contributed by atoms with E-state index in [4.69, 9.17) is 19.9 Å². The van der Waals surface area contributed by atoms with Gasteiger partial charge in [-0.1, -0.05) is 22.9 Å². The Morgan fingerprint density at radius 3 is 2.61 bits per heavy atom. The SMILES string of the molecule is CCCn1c(N)c(N(CCOC)C(=O)Cc2cc3c(cc2Br)OCCO3)c(=O)[nH]c1=O. The number of aromatic amines is 1. The molecule has 31 heavy (non-hydrogen) atoms. The number of aromatic nitrogens is 2. The van der Waals surface area contributed by atoms with E-state index in [1.165, 1.54) is 16.6 Å². The van der Waals surface area contributed by atoms with Gasteiger partial charge in [0.2, 0.25) is 5.91 Å². The second-order valence-corrected chi connectivity index (χ2v) is 7.80. The molecule has 1 aliphatic heterocycles. The van der Waals surface area contributed by atoms with E-state index in [1.54, 1.807) is 12.1 Å². The topological polar surface area (TPSA) is 129 Å². The Hall–Kier alpha value is -2.79. The maximum atomic E-state index is 13.3. The van der Waals surface area contributed by atoms with Crippen molar-refractivity contribution in [3.63, 3.8) is 0 Å². The van der Waals surface area contributed by atoms with Crippen molar-refractivity contribution < 1.29 is 19.0 Å². The molecule has 0 saturated heterocycles. The molecule has 2 aromatic rings. The molecule has 0 aliphatic carbocycles. The summed E-state index contributed by atoms with van der Waals surface area (Å²) >= 11 is 3.46. The van der Waals surface area contributed by atoms with Crippen molar-refractivity contribution in [2.45, 2.75) is 26.3 Å². The van der Waals surface area contributed by atoms with Crippen LogP contribution >= 0.6 is 15.9 Å². The normalized spacial score (nSPS) is 12.6. The average molecular weight is 497 g/mol. The van der Waals surface area contributed by atoms with Crippen LogP contribution in [0.5, 0.6) is 11.5 Å². The van der Waals surface area contributed by atoms with Gasteiger partial charge in [-0.05, 0) is 24.1 Å². The van der Waals surface area contributed by atoms with E-state index >= 15 is 0 Å². The van der Waals surface area contributed by atoms with Gasteiger partial charge in [0, 0.05) is 24.7 Å². The van der Waals surface area contributed by atoms with Gasteiger partial charge >= 0.3 is 5.69 Å². The van der Waals surface area contributed by atoms with Crippen LogP contribution in [0.2, 0.25) is 0 Å². The summed E-state index contributed by atoms with van der Waals surface area (Å²) in [6.07, 6.45) is 0.596. The molecular weight excluding hydrogens is 472 g/mol. The number of amides is 1. The summed E-state index contributed by atoms with van der Waals surface area (Å²) in [5.74, 6) is 0.710. The molecule has 1 aliphatic rings. The van der Waals surface area contributed by atoms with Crippen LogP contribution in [0.3, 0.4) is 0 Å². The summed E-state index contributed by atoms with van der Waals surface area (Å²) in [5.41, 5.74) is 5.42. The first-order valence-electron chi connectivity index (χ1n) is 9.87. The number of ether oxygens (including phenoxy) is 3. The molecule has 3 N–H and O–H groups in total. The van der Waals surface area contributed by atoms with Gasteiger partial charge in [0.1, 0.15) is 19.0 Å². The number of nitrogens with zero attached hydrogens (tertiary/aromatic N) is 2. The predicted octanol–water partition coefficient (Wildman–Crippen LogP) is 1.28. The summed E-state index contributed by atoms with van der Waals surface area (Å²) in [6.45, 7) is 3.35. The Labute approximate surface area is 187 Å². The second-order valence-electron chi connectivity index (χ2n) is 6.95. The van der Waals surface area contributed by atoms with Gasteiger partial charge < -0.3 is 24.8 Å². The van der Waals surface area contributed by atoms with Crippen LogP contribution in [0, 0.1) is 0 Å². The fraction of sp³-hybridized carbons (Fsp3) is 0.450. The van der Waals surface area contributed by atoms with Crippen molar-refractivity contribution in [2.75, 3.05) is 44.1 Å². The smallest absolute Gasteiger partial charge is 0.330 e. The standard InChI is InChI=1S/C20H25BrN4O6/c1-3-4-25-18(22)17(19(27)23-20(25)28)24(5-6-29-2)16(26)10-12-9-14-15(11-13(12)21)31-8-7-30-14/h9,11H,3-8,10,22H2,1-2H3,(H,23,27,28). The number of nitrogen functional groups attached to an aromatic ring is 1. The highest BCUT2D eigenvalue weighted by atomic mass is 79.9. The van der Waals surface area contributed by atoms with E-state index in [0.29, 0.717) is 47.7 Å². The number of methoxy groups -OCH3 is 1. The average Bonchev–Trinajstić information content (AvgIpc) is 2.73. The summed E-state index contributed by atoms with van der Waals surface area (Å²) in [6, 6.07) is 3.48. The van der Waals surface area contributed by atoms with Gasteiger partial charge in [0.25, 0.3) is 5.56 Å². The zero-order valence-electron chi connectivity index (χ0n) is 17.4. The van der Waals surface area contributed by atoms with Crippen LogP contribution in [-0.2, 0) is 22.5 Å². The van der Waals surface area contributed by atoms with Crippen LogP contribution in [0.4, 0.5) is 11.5 Å². The van der Waals surface area contributed by atoms with Gasteiger partial charge in [-0.2, -0.15) is 0 Å². The molecule has 0 radical (unpaired) electrons. The van der Waals surface area contributed by atoms with Gasteiger partial charge in [0.15, 0.2) is 17.2 Å². The van der Waals surface area contributed by atoms with E-state index in [2.05, 4.69) is 20.9 Å². The Morgan fingerprint density at radius 2 is 1.97 bits per heavy atom. The number of benzene rings is 1. The number of hydrogen-bond donors (Lipinski definition) is 2. The van der Waals surface area contributed by atoms with Gasteiger partial charge in [-0.3, -0.25) is 19.1 Å². The van der Waals surface area contributed by atoms with Crippen LogP contribution in [0.15, 0.2) is 26.2 Å². The van der Waals surface area contributed by atoms with Crippen molar-refractivity contribution in [3.05, 3.63) is 43.0 Å². The van der Waals surface area contributed by atoms with E-state index in [1.807, 2.05) is 6.92 Å². The highest BCUT2D eigenvalue weighted by molar-refractivity contribution is 9.10. The van der Waals surface area contributed by atoms with Crippen LogP contribution < -0.4 is 31.4 Å². The van der Waals surface area contributed by atoms with Crippen molar-refractivity contribution in [1.82, 2.24) is 9.55 Å². The number of anilines is 2. The van der Waals surface area contributed by atoms with Crippen molar-refractivity contribution in [2.24, 2.45) is 0 Å². The third-order valence-electron chi connectivity index (χ3n) is 4.80. The van der Waals surface area contributed by atoms with Crippen molar-refractivity contribution in [1.29, 1.82) is 0 Å². The number of nitrogens with one attached hydrogen (secondary N) is 1. The number of carbonyl (C=O) groups is 1. The molecular formula is C20H25BrN4O6. The molecule has 168 valence electrons. The Kier molecular flexibility index (Phi) is 7.39. The lowest BCUT2D eigenvalue weighted by Crippen LogP contribution is -2.43. The summed E-state index contributed by atoms with van der Waals surface area (Å²) in [4.78, 5) is 41.5. The Balaban J connectivity index is 1.99. The molecule has 0 fully saturated rings. The van der Waals surface area contributed by atoms with Crippen molar-refractivity contribution in [3.8, 4) is 11.5 Å². The third kappa shape index (κ3) is 4.93. The number of H-pyrrole nitrogens is 1. The first-order chi connectivity index (χ1) is 14.9. The van der Waals surface area contributed by atoms with Crippen LogP contribution in [0.25, 0.3) is 0 Å². The van der Waals surface area contributed by atoms with Gasteiger partial charge in [0.05, 0.1) is 13.0 Å². The minimum Gasteiger partial charge on any atom is -0.486 e. The first kappa shape index (κ1) is 22.9. The second kappa shape index (κ2) is 10.0. The Morgan fingerprint density at radius 1 is 1.29 bits per heavy atom. The maximum absolute atomic E-state index is 13.3. The highest BCUT2D eigenvalue weighted by Crippen LogP contribution is 2.36. The summed E-state index contributed by atoms with van der Waals surface area (Å²) < 4.78 is 18.2. The number of fused-ring (bicyclic) bond motifs is 1. The minimum atomic E-state index is -0.722. The number of nitrogens with two attached hydrogens (primary N) is 1. The highest BCUT2D eigenvalue weighted by Gasteiger charge is 2.25. The molecule has 0 saturated carbocycles. The van der Waals surface area contributed by atoms with E-state index in [0.717, 1.165) is 0 Å². The number of hydrogen-bond acceptors (Lipinski definition) is 7. The maximum Gasteiger partial charge on any atom is 0.330 e. The Bertz CT molecular complexity index is 1080. The molecule has 2 heterocycles. The zero-order valence-corrected chi connectivity index (χ0v) is 19.0. The lowest BCUT2D eigenvalue weighted by atomic mass is 10.1. The summed E-state index contributed by atoms with van der Waals surface area (Å²) in [7, 11) is 1.49. The molecule has 0 unspecified atom stereocenters. The van der Waals surface area contributed by atoms with Crippen LogP contribution in [0.1, 0.15) is 18.9 Å². The van der Waals surface area contributed by atoms with E-state index in [-0.39, 0.29) is 37.0 Å². The molecule has 11 heteroatoms. The van der Waals surface area contributed by atoms with Crippen molar-refractivity contribution >= 4 is 33.3 Å². The largest absolute Gasteiger partial charge is 0.486 e. The quantitative estimate of drug-likeness (QED) is 0.562.